The number of aryl methyl sites for hydroxylation is 1. The average Bonchev–Trinajstić information content (AvgIpc) is 3.60. The van der Waals surface area contributed by atoms with Gasteiger partial charge in [0.2, 0.25) is 5.91 Å². The van der Waals surface area contributed by atoms with Crippen molar-refractivity contribution in [2.45, 2.75) is 45.1 Å². The Labute approximate surface area is 251 Å². The number of aromatic nitrogens is 1. The van der Waals surface area contributed by atoms with Crippen LogP contribution in [0, 0.1) is 24.5 Å². The number of hydrogen-bond acceptors (Lipinski definition) is 7. The molecule has 0 radical (unpaired) electrons. The van der Waals surface area contributed by atoms with Gasteiger partial charge in [0.05, 0.1) is 41.9 Å². The molecule has 1 aromatic carbocycles. The fourth-order valence-electron chi connectivity index (χ4n) is 6.26. The van der Waals surface area contributed by atoms with Crippen LogP contribution in [0.4, 0.5) is 30.6 Å². The number of halogens is 2. The highest BCUT2D eigenvalue weighted by Crippen LogP contribution is 2.44. The van der Waals surface area contributed by atoms with Crippen LogP contribution in [0.15, 0.2) is 35.3 Å². The number of nitrogens with one attached hydrogen (secondary N) is 2. The molecule has 2 amide bonds. The highest BCUT2D eigenvalue weighted by Gasteiger charge is 2.34. The number of carbonyl (C=O) groups is 3. The van der Waals surface area contributed by atoms with E-state index in [1.807, 2.05) is 4.90 Å². The number of aromatic carboxylic acids is 1. The second-order valence-electron chi connectivity index (χ2n) is 11.8. The zero-order valence-electron chi connectivity index (χ0n) is 24.4. The molecule has 0 bridgehead atoms. The fourth-order valence-corrected chi connectivity index (χ4v) is 6.26. The predicted molar refractivity (Wildman–Crippen MR) is 159 cm³/mol. The lowest BCUT2D eigenvalue weighted by molar-refractivity contribution is -0.119. The molecule has 3 fully saturated rings. The standard InChI is InChI=1S/C31H33F2N5O6/c1-16-27-22(19-3-4-19)10-23(30(41)42)29(40)38(27)15-25(33)28(16)36-8-7-18(13-36)11-35-26-6-5-20(9-24(26)32)37-14-21(44-31(37)43)12-34-17(2)39/h5-6,9-10,15,18-19,21,35H,3-4,7-8,11-14H2,1-2H3,(H,34,39)(H,41,42). The Morgan fingerprint density at radius 2 is 1.84 bits per heavy atom. The summed E-state index contributed by atoms with van der Waals surface area (Å²) in [6.07, 6.45) is 2.45. The molecular formula is C31H33F2N5O6. The first-order chi connectivity index (χ1) is 21.0. The molecule has 13 heteroatoms. The first kappa shape index (κ1) is 29.4. The van der Waals surface area contributed by atoms with Gasteiger partial charge in [-0.3, -0.25) is 18.9 Å². The van der Waals surface area contributed by atoms with E-state index >= 15 is 8.78 Å². The number of anilines is 3. The molecule has 3 aliphatic rings. The quantitative estimate of drug-likeness (QED) is 0.333. The van der Waals surface area contributed by atoms with Gasteiger partial charge in [0, 0.05) is 26.6 Å². The van der Waals surface area contributed by atoms with Gasteiger partial charge in [-0.15, -0.1) is 0 Å². The van der Waals surface area contributed by atoms with Gasteiger partial charge in [-0.1, -0.05) is 0 Å². The van der Waals surface area contributed by atoms with Crippen LogP contribution in [0.2, 0.25) is 0 Å². The Balaban J connectivity index is 1.14. The van der Waals surface area contributed by atoms with Crippen molar-refractivity contribution < 1.29 is 33.0 Å². The minimum Gasteiger partial charge on any atom is -0.477 e. The maximum absolute atomic E-state index is 15.6. The zero-order chi connectivity index (χ0) is 31.3. The van der Waals surface area contributed by atoms with Crippen molar-refractivity contribution in [2.24, 2.45) is 5.92 Å². The summed E-state index contributed by atoms with van der Waals surface area (Å²) in [5.74, 6) is -2.49. The monoisotopic (exact) mass is 609 g/mol. The Hall–Kier alpha value is -4.68. The third-order valence-electron chi connectivity index (χ3n) is 8.59. The van der Waals surface area contributed by atoms with E-state index in [1.54, 1.807) is 19.1 Å². The van der Waals surface area contributed by atoms with E-state index in [9.17, 15) is 24.3 Å². The van der Waals surface area contributed by atoms with Crippen molar-refractivity contribution in [3.05, 3.63) is 69.1 Å². The van der Waals surface area contributed by atoms with Crippen LogP contribution in [-0.2, 0) is 9.53 Å². The number of nitrogens with zero attached hydrogens (tertiary/aromatic N) is 3. The summed E-state index contributed by atoms with van der Waals surface area (Å²) in [5.41, 5.74) is 1.79. The van der Waals surface area contributed by atoms with Crippen LogP contribution in [0.25, 0.3) is 5.52 Å². The van der Waals surface area contributed by atoms with Gasteiger partial charge in [0.1, 0.15) is 17.5 Å². The number of ether oxygens (including phenoxy) is 1. The lowest BCUT2D eigenvalue weighted by Crippen LogP contribution is -2.33. The number of carbonyl (C=O) groups excluding carboxylic acids is 2. The first-order valence-corrected chi connectivity index (χ1v) is 14.6. The Morgan fingerprint density at radius 1 is 1.07 bits per heavy atom. The number of benzene rings is 1. The van der Waals surface area contributed by atoms with Crippen molar-refractivity contribution in [2.75, 3.05) is 47.8 Å². The molecule has 4 heterocycles. The van der Waals surface area contributed by atoms with E-state index < -0.39 is 35.4 Å². The molecule has 44 heavy (non-hydrogen) atoms. The summed E-state index contributed by atoms with van der Waals surface area (Å²) >= 11 is 0. The van der Waals surface area contributed by atoms with Gasteiger partial charge in [0.25, 0.3) is 5.56 Å². The van der Waals surface area contributed by atoms with Gasteiger partial charge < -0.3 is 25.4 Å². The van der Waals surface area contributed by atoms with Crippen LogP contribution in [-0.4, -0.2) is 66.3 Å². The van der Waals surface area contributed by atoms with E-state index in [1.165, 1.54) is 24.0 Å². The number of carboxylic acids is 1. The van der Waals surface area contributed by atoms with E-state index in [2.05, 4.69) is 10.6 Å². The Bertz CT molecular complexity index is 1740. The number of fused-ring (bicyclic) bond motifs is 1. The van der Waals surface area contributed by atoms with Crippen LogP contribution in [0.3, 0.4) is 0 Å². The minimum atomic E-state index is -1.33. The highest BCUT2D eigenvalue weighted by atomic mass is 19.1. The van der Waals surface area contributed by atoms with Crippen LogP contribution < -0.4 is 26.0 Å². The lowest BCUT2D eigenvalue weighted by Gasteiger charge is -2.24. The van der Waals surface area contributed by atoms with Gasteiger partial charge in [-0.2, -0.15) is 0 Å². The summed E-state index contributed by atoms with van der Waals surface area (Å²) in [7, 11) is 0. The number of amides is 2. The molecule has 2 aromatic heterocycles. The molecule has 11 nitrogen and oxygen atoms in total. The molecule has 2 unspecified atom stereocenters. The van der Waals surface area contributed by atoms with E-state index in [4.69, 9.17) is 4.74 Å². The summed E-state index contributed by atoms with van der Waals surface area (Å²) in [5, 5.41) is 15.3. The van der Waals surface area contributed by atoms with Crippen molar-refractivity contribution in [3.8, 4) is 0 Å². The third-order valence-corrected chi connectivity index (χ3v) is 8.59. The molecule has 3 aromatic rings. The number of hydrogen-bond donors (Lipinski definition) is 3. The predicted octanol–water partition coefficient (Wildman–Crippen LogP) is 3.86. The highest BCUT2D eigenvalue weighted by molar-refractivity contribution is 5.90. The largest absolute Gasteiger partial charge is 0.477 e. The van der Waals surface area contributed by atoms with Crippen LogP contribution in [0.1, 0.15) is 53.6 Å². The normalized spacial score (nSPS) is 19.9. The molecule has 2 saturated heterocycles. The topological polar surface area (TPSA) is 133 Å². The smallest absolute Gasteiger partial charge is 0.414 e. The fraction of sp³-hybridized carbons (Fsp3) is 0.419. The summed E-state index contributed by atoms with van der Waals surface area (Å²) in [6, 6.07) is 5.88. The summed E-state index contributed by atoms with van der Waals surface area (Å²) < 4.78 is 37.0. The zero-order valence-corrected chi connectivity index (χ0v) is 24.4. The molecule has 2 aliphatic heterocycles. The summed E-state index contributed by atoms with van der Waals surface area (Å²) in [4.78, 5) is 51.3. The molecule has 3 N–H and O–H groups in total. The Kier molecular flexibility index (Phi) is 7.64. The molecule has 232 valence electrons. The Morgan fingerprint density at radius 3 is 2.52 bits per heavy atom. The number of pyridine rings is 2. The van der Waals surface area contributed by atoms with E-state index in [0.717, 1.165) is 35.4 Å². The van der Waals surface area contributed by atoms with Gasteiger partial charge in [-0.05, 0) is 73.4 Å². The van der Waals surface area contributed by atoms with Gasteiger partial charge in [0.15, 0.2) is 5.82 Å². The van der Waals surface area contributed by atoms with Gasteiger partial charge >= 0.3 is 12.1 Å². The minimum absolute atomic E-state index is 0.0756. The molecular weight excluding hydrogens is 576 g/mol. The van der Waals surface area contributed by atoms with Crippen molar-refractivity contribution in [1.82, 2.24) is 9.72 Å². The number of carboxylic acid groups (broad SMARTS) is 1. The lowest BCUT2D eigenvalue weighted by atomic mass is 10.0. The molecule has 6 rings (SSSR count). The molecule has 1 saturated carbocycles. The molecule has 2 atom stereocenters. The van der Waals surface area contributed by atoms with Crippen LogP contribution >= 0.6 is 0 Å². The third kappa shape index (κ3) is 5.53. The SMILES string of the molecule is CC(=O)NCC1CN(c2ccc(NCC3CCN(c4c(F)cn5c(=O)c(C(=O)O)cc(C6CC6)c5c4C)C3)c(F)c2)C(=O)O1. The van der Waals surface area contributed by atoms with Gasteiger partial charge in [-0.25, -0.2) is 18.4 Å². The van der Waals surface area contributed by atoms with Crippen LogP contribution in [0.5, 0.6) is 0 Å². The average molecular weight is 610 g/mol. The number of rotatable bonds is 9. The first-order valence-electron chi connectivity index (χ1n) is 14.6. The second kappa shape index (κ2) is 11.4. The van der Waals surface area contributed by atoms with E-state index in [-0.39, 0.29) is 42.1 Å². The van der Waals surface area contributed by atoms with Crippen molar-refractivity contribution in [3.63, 3.8) is 0 Å². The summed E-state index contributed by atoms with van der Waals surface area (Å²) in [6.45, 7) is 4.99. The molecule has 1 aliphatic carbocycles. The second-order valence-corrected chi connectivity index (χ2v) is 11.8. The molecule has 0 spiro atoms. The maximum Gasteiger partial charge on any atom is 0.414 e. The number of cyclic esters (lactones) is 1. The maximum atomic E-state index is 15.6. The van der Waals surface area contributed by atoms with E-state index in [0.29, 0.717) is 42.1 Å². The van der Waals surface area contributed by atoms with Crippen molar-refractivity contribution in [1.29, 1.82) is 0 Å². The van der Waals surface area contributed by atoms with Crippen molar-refractivity contribution >= 4 is 40.5 Å².